The molecule has 0 radical (unpaired) electrons. The van der Waals surface area contributed by atoms with Gasteiger partial charge in [-0.3, -0.25) is 4.79 Å². The Morgan fingerprint density at radius 2 is 2.41 bits per heavy atom. The summed E-state index contributed by atoms with van der Waals surface area (Å²) in [5.41, 5.74) is 0.863. The molecule has 0 aliphatic heterocycles. The molecule has 1 aromatic heterocycles. The number of carbonyl (C=O) groups excluding carboxylic acids is 1. The fraction of sp³-hybridized carbons (Fsp3) is 0.727. The minimum Gasteiger partial charge on any atom is -0.354 e. The van der Waals surface area contributed by atoms with E-state index < -0.39 is 0 Å². The summed E-state index contributed by atoms with van der Waals surface area (Å²) in [5.74, 6) is 0.718. The molecule has 1 amide bonds. The van der Waals surface area contributed by atoms with Gasteiger partial charge in [0.2, 0.25) is 5.91 Å². The zero-order chi connectivity index (χ0) is 12.1. The Bertz CT molecular complexity index is 372. The van der Waals surface area contributed by atoms with Gasteiger partial charge in [-0.2, -0.15) is 0 Å². The minimum atomic E-state index is 0.0109. The van der Waals surface area contributed by atoms with Crippen LogP contribution in [-0.4, -0.2) is 34.0 Å². The Labute approximate surface area is 101 Å². The van der Waals surface area contributed by atoms with E-state index in [4.69, 9.17) is 0 Å². The van der Waals surface area contributed by atoms with Crippen LogP contribution >= 0.6 is 0 Å². The summed E-state index contributed by atoms with van der Waals surface area (Å²) in [7, 11) is 0. The van der Waals surface area contributed by atoms with Crippen LogP contribution < -0.4 is 10.6 Å². The Morgan fingerprint density at radius 1 is 1.59 bits per heavy atom. The molecule has 94 valence electrons. The number of nitrogens with one attached hydrogen (secondary N) is 2. The molecule has 1 aliphatic carbocycles. The van der Waals surface area contributed by atoms with Gasteiger partial charge in [0, 0.05) is 13.1 Å². The van der Waals surface area contributed by atoms with E-state index >= 15 is 0 Å². The monoisotopic (exact) mass is 237 g/mol. The molecule has 0 saturated heterocycles. The van der Waals surface area contributed by atoms with E-state index in [-0.39, 0.29) is 12.5 Å². The van der Waals surface area contributed by atoms with Gasteiger partial charge in [-0.1, -0.05) is 12.1 Å². The first-order chi connectivity index (χ1) is 8.28. The molecule has 1 aliphatic rings. The largest absolute Gasteiger partial charge is 0.354 e. The van der Waals surface area contributed by atoms with E-state index in [0.717, 1.165) is 18.8 Å². The van der Waals surface area contributed by atoms with E-state index in [1.807, 2.05) is 6.92 Å². The number of hydrogen-bond donors (Lipinski definition) is 2. The first kappa shape index (κ1) is 12.0. The molecule has 2 N–H and O–H groups in total. The highest BCUT2D eigenvalue weighted by Crippen LogP contribution is 2.27. The lowest BCUT2D eigenvalue weighted by Gasteiger charge is -2.02. The number of carbonyl (C=O) groups is 1. The van der Waals surface area contributed by atoms with Gasteiger partial charge >= 0.3 is 0 Å². The molecule has 0 spiro atoms. The van der Waals surface area contributed by atoms with Gasteiger partial charge in [-0.15, -0.1) is 5.10 Å². The van der Waals surface area contributed by atoms with Crippen LogP contribution in [0.15, 0.2) is 6.20 Å². The Morgan fingerprint density at radius 3 is 3.12 bits per heavy atom. The van der Waals surface area contributed by atoms with Gasteiger partial charge in [0.05, 0.1) is 11.9 Å². The second-order valence-electron chi connectivity index (χ2n) is 4.44. The van der Waals surface area contributed by atoms with E-state index in [1.165, 1.54) is 12.8 Å². The van der Waals surface area contributed by atoms with Crippen molar-refractivity contribution in [2.45, 2.75) is 32.9 Å². The molecule has 1 aromatic rings. The predicted octanol–water partition coefficient (Wildman–Crippen LogP) is -0.0862. The second-order valence-corrected chi connectivity index (χ2v) is 4.44. The number of rotatable bonds is 7. The van der Waals surface area contributed by atoms with Crippen molar-refractivity contribution in [3.63, 3.8) is 0 Å². The van der Waals surface area contributed by atoms with Crippen LogP contribution in [0.5, 0.6) is 0 Å². The zero-order valence-electron chi connectivity index (χ0n) is 10.1. The summed E-state index contributed by atoms with van der Waals surface area (Å²) < 4.78 is 1.58. The average molecular weight is 237 g/mol. The summed E-state index contributed by atoms with van der Waals surface area (Å²) in [6.07, 6.45) is 4.30. The maximum atomic E-state index is 11.6. The predicted molar refractivity (Wildman–Crippen MR) is 63.1 cm³/mol. The van der Waals surface area contributed by atoms with Crippen molar-refractivity contribution in [3.8, 4) is 0 Å². The third kappa shape index (κ3) is 4.14. The number of amides is 1. The van der Waals surface area contributed by atoms with Crippen molar-refractivity contribution in [3.05, 3.63) is 11.9 Å². The highest BCUT2D eigenvalue weighted by atomic mass is 16.2. The van der Waals surface area contributed by atoms with Crippen molar-refractivity contribution >= 4 is 5.91 Å². The van der Waals surface area contributed by atoms with Crippen molar-refractivity contribution in [1.29, 1.82) is 0 Å². The topological polar surface area (TPSA) is 71.8 Å². The van der Waals surface area contributed by atoms with Crippen molar-refractivity contribution in [1.82, 2.24) is 25.6 Å². The zero-order valence-corrected chi connectivity index (χ0v) is 10.1. The van der Waals surface area contributed by atoms with E-state index in [9.17, 15) is 4.79 Å². The van der Waals surface area contributed by atoms with Gasteiger partial charge in [0.1, 0.15) is 6.54 Å². The number of hydrogen-bond acceptors (Lipinski definition) is 4. The normalized spacial score (nSPS) is 14.9. The van der Waals surface area contributed by atoms with Gasteiger partial charge in [0.15, 0.2) is 0 Å². The van der Waals surface area contributed by atoms with Gasteiger partial charge < -0.3 is 10.6 Å². The van der Waals surface area contributed by atoms with Crippen LogP contribution in [0, 0.1) is 5.92 Å². The number of aromatic nitrogens is 3. The molecule has 0 unspecified atom stereocenters. The van der Waals surface area contributed by atoms with E-state index in [2.05, 4.69) is 20.9 Å². The molecule has 1 saturated carbocycles. The fourth-order valence-electron chi connectivity index (χ4n) is 1.53. The first-order valence-electron chi connectivity index (χ1n) is 6.14. The van der Waals surface area contributed by atoms with Crippen molar-refractivity contribution in [2.24, 2.45) is 5.92 Å². The van der Waals surface area contributed by atoms with Crippen LogP contribution in [0.2, 0.25) is 0 Å². The maximum absolute atomic E-state index is 11.6. The van der Waals surface area contributed by atoms with Crippen LogP contribution in [0.3, 0.4) is 0 Å². The van der Waals surface area contributed by atoms with Crippen molar-refractivity contribution < 1.29 is 4.79 Å². The van der Waals surface area contributed by atoms with E-state index in [0.29, 0.717) is 12.5 Å². The lowest BCUT2D eigenvalue weighted by molar-refractivity contribution is -0.121. The standard InChI is InChI=1S/C11H19N5O/c1-2-12-6-10-7-16(15-14-10)8-11(17)13-5-9-3-4-9/h7,9,12H,2-6,8H2,1H3,(H,13,17). The Balaban J connectivity index is 1.72. The van der Waals surface area contributed by atoms with Gasteiger partial charge in [-0.25, -0.2) is 4.68 Å². The van der Waals surface area contributed by atoms with Crippen molar-refractivity contribution in [2.75, 3.05) is 13.1 Å². The molecule has 0 aromatic carbocycles. The summed E-state index contributed by atoms with van der Waals surface area (Å²) in [6.45, 7) is 4.69. The molecule has 6 heteroatoms. The smallest absolute Gasteiger partial charge is 0.241 e. The molecular formula is C11H19N5O. The Kier molecular flexibility index (Phi) is 4.08. The lowest BCUT2D eigenvalue weighted by Crippen LogP contribution is -2.29. The molecule has 1 fully saturated rings. The lowest BCUT2D eigenvalue weighted by atomic mass is 10.4. The first-order valence-corrected chi connectivity index (χ1v) is 6.14. The second kappa shape index (κ2) is 5.77. The molecule has 17 heavy (non-hydrogen) atoms. The van der Waals surface area contributed by atoms with Gasteiger partial charge in [-0.05, 0) is 25.3 Å². The highest BCUT2D eigenvalue weighted by molar-refractivity contribution is 5.75. The molecule has 0 atom stereocenters. The third-order valence-electron chi connectivity index (χ3n) is 2.73. The molecule has 1 heterocycles. The summed E-state index contributed by atoms with van der Waals surface area (Å²) >= 11 is 0. The molecular weight excluding hydrogens is 218 g/mol. The maximum Gasteiger partial charge on any atom is 0.241 e. The highest BCUT2D eigenvalue weighted by Gasteiger charge is 2.21. The molecule has 0 bridgehead atoms. The minimum absolute atomic E-state index is 0.0109. The van der Waals surface area contributed by atoms with Crippen LogP contribution in [-0.2, 0) is 17.9 Å². The van der Waals surface area contributed by atoms with Crippen LogP contribution in [0.4, 0.5) is 0 Å². The fourth-order valence-corrected chi connectivity index (χ4v) is 1.53. The SMILES string of the molecule is CCNCc1cn(CC(=O)NCC2CC2)nn1. The molecule has 2 rings (SSSR count). The third-order valence-corrected chi connectivity index (χ3v) is 2.73. The van der Waals surface area contributed by atoms with Gasteiger partial charge in [0.25, 0.3) is 0 Å². The summed E-state index contributed by atoms with van der Waals surface area (Å²) in [5, 5.41) is 14.0. The van der Waals surface area contributed by atoms with Crippen LogP contribution in [0.25, 0.3) is 0 Å². The summed E-state index contributed by atoms with van der Waals surface area (Å²) in [6, 6.07) is 0. The molecule has 6 nitrogen and oxygen atoms in total. The van der Waals surface area contributed by atoms with E-state index in [1.54, 1.807) is 10.9 Å². The quantitative estimate of drug-likeness (QED) is 0.695. The summed E-state index contributed by atoms with van der Waals surface area (Å²) in [4.78, 5) is 11.6. The number of nitrogens with zero attached hydrogens (tertiary/aromatic N) is 3. The Hall–Kier alpha value is -1.43. The average Bonchev–Trinajstić information content (AvgIpc) is 3.05. The van der Waals surface area contributed by atoms with Crippen LogP contribution in [0.1, 0.15) is 25.5 Å².